The lowest BCUT2D eigenvalue weighted by Crippen LogP contribution is -2.27. The molecule has 48 heavy (non-hydrogen) atoms. The van der Waals surface area contributed by atoms with Crippen molar-refractivity contribution in [1.29, 1.82) is 0 Å². The molecule has 6 rings (SSSR count). The number of nitrogens with one attached hydrogen (secondary N) is 2. The zero-order valence-electron chi connectivity index (χ0n) is 27.3. The second-order valence-electron chi connectivity index (χ2n) is 10.9. The number of aromatic nitrogens is 2. The topological polar surface area (TPSA) is 99.7 Å². The van der Waals surface area contributed by atoms with E-state index in [0.717, 1.165) is 28.3 Å². The molecule has 3 heterocycles. The summed E-state index contributed by atoms with van der Waals surface area (Å²) in [6, 6.07) is 18.5. The van der Waals surface area contributed by atoms with Crippen LogP contribution in [-0.4, -0.2) is 41.3 Å². The number of pyridine rings is 2. The molecule has 0 radical (unpaired) electrons. The second-order valence-corrected chi connectivity index (χ2v) is 11.3. The van der Waals surface area contributed by atoms with E-state index in [9.17, 15) is 23.2 Å². The van der Waals surface area contributed by atoms with E-state index in [1.807, 2.05) is 70.2 Å². The Hall–Kier alpha value is -4.71. The van der Waals surface area contributed by atoms with Crippen molar-refractivity contribution in [1.82, 2.24) is 19.9 Å². The number of anilines is 1. The van der Waals surface area contributed by atoms with Crippen molar-refractivity contribution in [3.05, 3.63) is 112 Å². The molecule has 2 aromatic heterocycles. The number of halogens is 4. The third-order valence-electron chi connectivity index (χ3n) is 7.91. The number of nitrogens with zero attached hydrogens (tertiary/aromatic N) is 3. The summed E-state index contributed by atoms with van der Waals surface area (Å²) in [7, 11) is 0. The van der Waals surface area contributed by atoms with E-state index in [4.69, 9.17) is 21.4 Å². The minimum Gasteiger partial charge on any atom is -0.505 e. The number of hydrogen-bond donors (Lipinski definition) is 3. The fourth-order valence-electron chi connectivity index (χ4n) is 5.45. The molecule has 5 aromatic rings. The Morgan fingerprint density at radius 2 is 1.77 bits per heavy atom. The largest absolute Gasteiger partial charge is 0.505 e. The highest BCUT2D eigenvalue weighted by Crippen LogP contribution is 2.43. The van der Waals surface area contributed by atoms with Crippen molar-refractivity contribution >= 4 is 40.3 Å². The quantitative estimate of drug-likeness (QED) is 0.0624. The van der Waals surface area contributed by atoms with Crippen LogP contribution in [0.5, 0.6) is 5.75 Å². The molecule has 12 heteroatoms. The average molecular weight is 681 g/mol. The van der Waals surface area contributed by atoms with Gasteiger partial charge in [0.2, 0.25) is 6.41 Å². The van der Waals surface area contributed by atoms with Gasteiger partial charge in [0.25, 0.3) is 6.73 Å². The number of quaternary nitrogens is 1. The molecule has 0 bridgehead atoms. The maximum atomic E-state index is 14.8. The van der Waals surface area contributed by atoms with E-state index in [2.05, 4.69) is 10.3 Å². The maximum absolute atomic E-state index is 14.8. The zero-order chi connectivity index (χ0) is 35.0. The van der Waals surface area contributed by atoms with Crippen molar-refractivity contribution in [3.8, 4) is 17.0 Å². The molecule has 8 nitrogen and oxygen atoms in total. The van der Waals surface area contributed by atoms with Crippen molar-refractivity contribution in [2.75, 3.05) is 25.4 Å². The lowest BCUT2D eigenvalue weighted by atomic mass is 9.92. The number of rotatable bonds is 9. The monoisotopic (exact) mass is 680 g/mol. The summed E-state index contributed by atoms with van der Waals surface area (Å²) < 4.78 is 41.2. The Balaban J connectivity index is 0.000000270. The smallest absolute Gasteiger partial charge is 0.270 e. The van der Waals surface area contributed by atoms with Crippen molar-refractivity contribution in [2.24, 2.45) is 0 Å². The summed E-state index contributed by atoms with van der Waals surface area (Å²) in [6.45, 7) is 11.1. The van der Waals surface area contributed by atoms with Crippen LogP contribution in [-0.2, 0) is 9.63 Å². The predicted molar refractivity (Wildman–Crippen MR) is 184 cm³/mol. The van der Waals surface area contributed by atoms with Crippen LogP contribution in [0.2, 0.25) is 5.02 Å². The molecule has 252 valence electrons. The zero-order valence-corrected chi connectivity index (χ0v) is 28.1. The summed E-state index contributed by atoms with van der Waals surface area (Å²) in [4.78, 5) is 25.6. The number of aryl methyl sites for hydroxylation is 1. The first-order valence-corrected chi connectivity index (χ1v) is 15.8. The van der Waals surface area contributed by atoms with Crippen molar-refractivity contribution < 1.29 is 28.0 Å². The van der Waals surface area contributed by atoms with E-state index in [-0.39, 0.29) is 22.7 Å². The van der Waals surface area contributed by atoms with Crippen molar-refractivity contribution in [2.45, 2.75) is 40.5 Å². The summed E-state index contributed by atoms with van der Waals surface area (Å²) >= 11 is 5.79. The molecule has 1 amide bonds. The van der Waals surface area contributed by atoms with Gasteiger partial charge in [-0.25, -0.2) is 14.3 Å². The highest BCUT2D eigenvalue weighted by Gasteiger charge is 2.49. The molecular weight excluding hydrogens is 643 g/mol. The molecule has 0 aliphatic carbocycles. The van der Waals surface area contributed by atoms with Gasteiger partial charge in [-0.3, -0.25) is 14.8 Å². The predicted octanol–water partition coefficient (Wildman–Crippen LogP) is 8.67. The molecule has 3 N–H and O–H groups in total. The third-order valence-corrected chi connectivity index (χ3v) is 8.11. The van der Waals surface area contributed by atoms with Gasteiger partial charge in [0.05, 0.1) is 27.6 Å². The van der Waals surface area contributed by atoms with Crippen LogP contribution in [0.25, 0.3) is 22.2 Å². The third kappa shape index (κ3) is 7.87. The fraction of sp³-hybridized carbons (Fsp3) is 0.250. The number of hydrogen-bond acceptors (Lipinski definition) is 6. The first kappa shape index (κ1) is 36.1. The van der Waals surface area contributed by atoms with E-state index in [1.54, 1.807) is 24.6 Å². The van der Waals surface area contributed by atoms with Crippen molar-refractivity contribution in [3.63, 3.8) is 0 Å². The van der Waals surface area contributed by atoms with E-state index < -0.39 is 17.4 Å². The van der Waals surface area contributed by atoms with Crippen LogP contribution in [0.3, 0.4) is 0 Å². The normalized spacial score (nSPS) is 15.4. The molecule has 1 fully saturated rings. The van der Waals surface area contributed by atoms with E-state index in [0.29, 0.717) is 58.9 Å². The van der Waals surface area contributed by atoms with E-state index >= 15 is 0 Å². The van der Waals surface area contributed by atoms with Crippen LogP contribution in [0.4, 0.5) is 24.6 Å². The highest BCUT2D eigenvalue weighted by molar-refractivity contribution is 6.31. The Labute approximate surface area is 282 Å². The molecule has 2 unspecified atom stereocenters. The SMILES string of the molecule is CC.CC[N+]1(c2cc(C(CNC=O)c3ccccc3)nc(-c3cc(O)c(F)cc3F)c2C)CO1.Cc1cc(NF)c2ncc(Cl)cc2c1. The van der Waals surface area contributed by atoms with Crippen LogP contribution in [0.1, 0.15) is 49.1 Å². The minimum atomic E-state index is -1.04. The number of phenols is 1. The van der Waals surface area contributed by atoms with Crippen LogP contribution in [0, 0.1) is 25.5 Å². The molecule has 1 aliphatic heterocycles. The molecule has 2 atom stereocenters. The molecule has 1 aliphatic rings. The average Bonchev–Trinajstić information content (AvgIpc) is 3.89. The summed E-state index contributed by atoms with van der Waals surface area (Å²) in [5.41, 5.74) is 6.84. The number of amides is 1. The van der Waals surface area contributed by atoms with Gasteiger partial charge in [0.1, 0.15) is 12.4 Å². The lowest BCUT2D eigenvalue weighted by Gasteiger charge is -2.21. The van der Waals surface area contributed by atoms with Crippen LogP contribution in [0.15, 0.2) is 72.9 Å². The standard InChI is InChI=1S/C24H23F2N3O3.C10H8ClFN2.C2H6/c1-3-29(14-32-29)22-11-21(18(12-27-13-30)16-7-5-4-6-8-16)28-24(15(22)2)17-9-23(31)20(26)10-19(17)25;1-6-2-7-4-8(11)5-13-10(7)9(3-6)14-12;1-2/h4-11,13,18H,3,12,14H2,1-2H3,(H-,27,30,31);2-5,14H,1H3;1-2H3/p+1. The number of hydroxylamine groups is 2. The molecule has 0 spiro atoms. The highest BCUT2D eigenvalue weighted by atomic mass is 35.5. The molecule has 3 aromatic carbocycles. The van der Waals surface area contributed by atoms with Crippen LogP contribution >= 0.6 is 11.6 Å². The fourth-order valence-corrected chi connectivity index (χ4v) is 5.62. The Bertz CT molecular complexity index is 1890. The first-order valence-electron chi connectivity index (χ1n) is 15.5. The van der Waals surface area contributed by atoms with Gasteiger partial charge < -0.3 is 10.4 Å². The Morgan fingerprint density at radius 1 is 1.06 bits per heavy atom. The van der Waals surface area contributed by atoms with Gasteiger partial charge in [-0.1, -0.05) is 55.8 Å². The summed E-state index contributed by atoms with van der Waals surface area (Å²) in [5.74, 6) is -2.83. The Morgan fingerprint density at radius 3 is 2.40 bits per heavy atom. The molecule has 1 saturated heterocycles. The van der Waals surface area contributed by atoms with Gasteiger partial charge in [-0.15, -0.1) is 14.0 Å². The number of aromatic hydroxyl groups is 1. The number of benzene rings is 3. The number of phenolic OH excluding ortho intramolecular Hbond substituents is 1. The maximum Gasteiger partial charge on any atom is 0.270 e. The second kappa shape index (κ2) is 15.9. The summed E-state index contributed by atoms with van der Waals surface area (Å²) in [5, 5.41) is 14.0. The summed E-state index contributed by atoms with van der Waals surface area (Å²) in [6.07, 6.45) is 2.12. The number of carbonyl (C=O) groups excluding carboxylic acids is 1. The van der Waals surface area contributed by atoms with Gasteiger partial charge in [0.15, 0.2) is 17.3 Å². The van der Waals surface area contributed by atoms with Gasteiger partial charge >= 0.3 is 0 Å². The molecular formula is C36H38ClF3N5O3+. The Kier molecular flexibility index (Phi) is 12.0. The number of fused-ring (bicyclic) bond motifs is 1. The van der Waals surface area contributed by atoms with E-state index in [1.165, 1.54) is 6.20 Å². The van der Waals surface area contributed by atoms with Gasteiger partial charge in [-0.05, 0) is 56.2 Å². The van der Waals surface area contributed by atoms with Gasteiger partial charge in [-0.2, -0.15) is 0 Å². The van der Waals surface area contributed by atoms with Crippen LogP contribution < -0.4 is 15.5 Å². The minimum absolute atomic E-state index is 0.00392. The number of carbonyl (C=O) groups is 1. The first-order chi connectivity index (χ1) is 23.1. The lowest BCUT2D eigenvalue weighted by molar-refractivity contribution is -0.109. The molecule has 0 saturated carbocycles. The van der Waals surface area contributed by atoms with Gasteiger partial charge in [0, 0.05) is 47.3 Å².